The molecule has 1 aliphatic rings. The van der Waals surface area contributed by atoms with Crippen LogP contribution in [0, 0.1) is 5.92 Å². The number of nitrogens with zero attached hydrogens (tertiary/aromatic N) is 2. The van der Waals surface area contributed by atoms with Crippen molar-refractivity contribution in [3.05, 3.63) is 78.5 Å². The molecule has 2 unspecified atom stereocenters. The molecule has 200 valence electrons. The van der Waals surface area contributed by atoms with E-state index in [-0.39, 0.29) is 12.0 Å². The Kier molecular flexibility index (Phi) is 8.53. The van der Waals surface area contributed by atoms with Gasteiger partial charge in [-0.05, 0) is 61.7 Å². The summed E-state index contributed by atoms with van der Waals surface area (Å²) in [4.78, 5) is 12.6. The zero-order valence-electron chi connectivity index (χ0n) is 22.3. The Morgan fingerprint density at radius 1 is 1.16 bits per heavy atom. The molecule has 0 radical (unpaired) electrons. The zero-order valence-corrected chi connectivity index (χ0v) is 22.3. The quantitative estimate of drug-likeness (QED) is 0.217. The van der Waals surface area contributed by atoms with Gasteiger partial charge in [0.25, 0.3) is 0 Å². The Morgan fingerprint density at radius 3 is 2.63 bits per heavy atom. The van der Waals surface area contributed by atoms with Crippen molar-refractivity contribution in [1.29, 1.82) is 0 Å². The number of nitrogens with two attached hydrogens (primary N) is 1. The molecule has 2 heterocycles. The molecule has 0 amide bonds. The van der Waals surface area contributed by atoms with Gasteiger partial charge in [-0.25, -0.2) is 9.48 Å². The maximum absolute atomic E-state index is 12.6. The maximum Gasteiger partial charge on any atom is 0.338 e. The van der Waals surface area contributed by atoms with Crippen molar-refractivity contribution >= 4 is 22.6 Å². The van der Waals surface area contributed by atoms with Crippen molar-refractivity contribution in [3.63, 3.8) is 0 Å². The first-order valence-corrected chi connectivity index (χ1v) is 12.8. The van der Waals surface area contributed by atoms with E-state index in [1.165, 1.54) is 0 Å². The molecule has 0 aliphatic carbocycles. The molecule has 4 rings (SSSR count). The van der Waals surface area contributed by atoms with Gasteiger partial charge in [-0.2, -0.15) is 5.10 Å². The molecule has 3 aromatic rings. The smallest absolute Gasteiger partial charge is 0.338 e. The first-order valence-electron chi connectivity index (χ1n) is 12.8. The number of carbonyl (C=O) groups excluding carboxylic acids is 1. The van der Waals surface area contributed by atoms with Crippen LogP contribution in [-0.4, -0.2) is 41.6 Å². The number of hydrogen-bond donors (Lipinski definition) is 1. The van der Waals surface area contributed by atoms with Gasteiger partial charge in [0.15, 0.2) is 11.5 Å². The first kappa shape index (κ1) is 27.0. The van der Waals surface area contributed by atoms with Crippen LogP contribution in [0.4, 0.5) is 0 Å². The fourth-order valence-corrected chi connectivity index (χ4v) is 4.10. The van der Waals surface area contributed by atoms with Crippen molar-refractivity contribution in [2.45, 2.75) is 39.8 Å². The molecular formula is C30H35N3O5. The van der Waals surface area contributed by atoms with Gasteiger partial charge >= 0.3 is 5.97 Å². The van der Waals surface area contributed by atoms with Crippen LogP contribution in [0.15, 0.2) is 73.0 Å². The molecule has 0 saturated carbocycles. The Hall–Kier alpha value is -4.04. The lowest BCUT2D eigenvalue weighted by atomic mass is 10.0. The van der Waals surface area contributed by atoms with E-state index in [0.717, 1.165) is 22.2 Å². The highest BCUT2D eigenvalue weighted by atomic mass is 16.6. The highest BCUT2D eigenvalue weighted by Crippen LogP contribution is 2.35. The Morgan fingerprint density at radius 2 is 1.92 bits per heavy atom. The lowest BCUT2D eigenvalue weighted by Crippen LogP contribution is -2.29. The monoisotopic (exact) mass is 517 g/mol. The maximum atomic E-state index is 12.6. The molecule has 8 nitrogen and oxygen atoms in total. The number of hydrogen-bond acceptors (Lipinski definition) is 7. The van der Waals surface area contributed by atoms with Gasteiger partial charge in [-0.1, -0.05) is 38.6 Å². The van der Waals surface area contributed by atoms with Crippen molar-refractivity contribution in [3.8, 4) is 17.2 Å². The highest BCUT2D eigenvalue weighted by Gasteiger charge is 2.22. The Balaban J connectivity index is 1.55. The number of rotatable bonds is 10. The molecule has 2 N–H and O–H groups in total. The summed E-state index contributed by atoms with van der Waals surface area (Å²) in [6.45, 7) is 13.3. The van der Waals surface area contributed by atoms with Crippen molar-refractivity contribution in [1.82, 2.24) is 9.78 Å². The van der Waals surface area contributed by atoms with Gasteiger partial charge in [0.05, 0.1) is 29.6 Å². The van der Waals surface area contributed by atoms with Gasteiger partial charge in [-0.15, -0.1) is 0 Å². The number of ether oxygens (including phenoxy) is 4. The normalized spacial score (nSPS) is 15.1. The molecule has 0 fully saturated rings. The van der Waals surface area contributed by atoms with Gasteiger partial charge in [0.1, 0.15) is 25.1 Å². The van der Waals surface area contributed by atoms with Crippen LogP contribution in [-0.2, 0) is 9.53 Å². The third-order valence-corrected chi connectivity index (χ3v) is 5.90. The van der Waals surface area contributed by atoms with E-state index in [0.29, 0.717) is 42.6 Å². The molecule has 2 aromatic carbocycles. The van der Waals surface area contributed by atoms with Crippen molar-refractivity contribution < 1.29 is 23.7 Å². The van der Waals surface area contributed by atoms with Gasteiger partial charge in [0, 0.05) is 11.4 Å². The SMILES string of the molecule is C=C(C=C(C=CC)C(=O)OCC(C)C)n1ncc2cc(OC(c3ccc4c(c3)OCCO4)C(C)N)ccc21. The van der Waals surface area contributed by atoms with E-state index < -0.39 is 12.1 Å². The number of aromatic nitrogens is 2. The summed E-state index contributed by atoms with van der Waals surface area (Å²) in [6, 6.07) is 11.2. The summed E-state index contributed by atoms with van der Waals surface area (Å²) in [5.74, 6) is 1.92. The predicted molar refractivity (Wildman–Crippen MR) is 148 cm³/mol. The molecular weight excluding hydrogens is 482 g/mol. The van der Waals surface area contributed by atoms with Crippen LogP contribution < -0.4 is 19.9 Å². The van der Waals surface area contributed by atoms with Gasteiger partial charge in [0.2, 0.25) is 0 Å². The lowest BCUT2D eigenvalue weighted by molar-refractivity contribution is -0.139. The minimum atomic E-state index is -0.397. The highest BCUT2D eigenvalue weighted by molar-refractivity contribution is 5.94. The average Bonchev–Trinajstić information content (AvgIpc) is 3.33. The van der Waals surface area contributed by atoms with Crippen LogP contribution in [0.5, 0.6) is 17.2 Å². The van der Waals surface area contributed by atoms with Crippen LogP contribution in [0.25, 0.3) is 16.6 Å². The Bertz CT molecular complexity index is 1370. The number of allylic oxidation sites excluding steroid dienone is 3. The van der Waals surface area contributed by atoms with E-state index in [4.69, 9.17) is 24.7 Å². The lowest BCUT2D eigenvalue weighted by Gasteiger charge is -2.25. The number of carbonyl (C=O) groups is 1. The molecule has 0 bridgehead atoms. The number of esters is 1. The average molecular weight is 518 g/mol. The van der Waals surface area contributed by atoms with Gasteiger partial charge in [-0.3, -0.25) is 0 Å². The van der Waals surface area contributed by atoms with E-state index in [1.54, 1.807) is 29.1 Å². The molecule has 0 saturated heterocycles. The standard InChI is InChI=1S/C30H35N3O5/c1-6-7-23(30(34)37-18-19(2)3)14-20(4)33-26-10-9-25(15-24(26)17-32-33)38-29(21(5)31)22-8-11-27-28(16-22)36-13-12-35-27/h6-11,14-17,19,21,29H,4,12-13,18,31H2,1-3,5H3. The summed E-state index contributed by atoms with van der Waals surface area (Å²) in [5.41, 5.74) is 8.97. The van der Waals surface area contributed by atoms with Crippen molar-refractivity contribution in [2.24, 2.45) is 11.7 Å². The summed E-state index contributed by atoms with van der Waals surface area (Å²) in [5, 5.41) is 5.35. The molecule has 1 aromatic heterocycles. The number of fused-ring (bicyclic) bond motifs is 2. The number of benzene rings is 2. The van der Waals surface area contributed by atoms with E-state index in [1.807, 2.05) is 64.1 Å². The second kappa shape index (κ2) is 12.0. The molecule has 0 spiro atoms. The Labute approximate surface area is 223 Å². The van der Waals surface area contributed by atoms with E-state index >= 15 is 0 Å². The fraction of sp³-hybridized carbons (Fsp3) is 0.333. The van der Waals surface area contributed by atoms with Crippen LogP contribution in [0.3, 0.4) is 0 Å². The van der Waals surface area contributed by atoms with E-state index in [9.17, 15) is 4.79 Å². The van der Waals surface area contributed by atoms with Gasteiger partial charge < -0.3 is 24.7 Å². The first-order chi connectivity index (χ1) is 18.3. The largest absolute Gasteiger partial charge is 0.486 e. The summed E-state index contributed by atoms with van der Waals surface area (Å²) >= 11 is 0. The minimum absolute atomic E-state index is 0.247. The minimum Gasteiger partial charge on any atom is -0.486 e. The predicted octanol–water partition coefficient (Wildman–Crippen LogP) is 5.45. The van der Waals surface area contributed by atoms with Crippen LogP contribution >= 0.6 is 0 Å². The molecule has 38 heavy (non-hydrogen) atoms. The topological polar surface area (TPSA) is 97.8 Å². The van der Waals surface area contributed by atoms with Crippen LogP contribution in [0.2, 0.25) is 0 Å². The summed E-state index contributed by atoms with van der Waals surface area (Å²) in [6.07, 6.45) is 6.51. The second-order valence-corrected chi connectivity index (χ2v) is 9.66. The third kappa shape index (κ3) is 6.26. The fourth-order valence-electron chi connectivity index (χ4n) is 4.10. The van der Waals surface area contributed by atoms with Crippen molar-refractivity contribution in [2.75, 3.05) is 19.8 Å². The van der Waals surface area contributed by atoms with E-state index in [2.05, 4.69) is 11.7 Å². The molecule has 2 atom stereocenters. The zero-order chi connectivity index (χ0) is 27.2. The summed E-state index contributed by atoms with van der Waals surface area (Å²) in [7, 11) is 0. The summed E-state index contributed by atoms with van der Waals surface area (Å²) < 4.78 is 24.8. The third-order valence-electron chi connectivity index (χ3n) is 5.90. The molecule has 8 heteroatoms. The molecule has 1 aliphatic heterocycles. The van der Waals surface area contributed by atoms with Crippen LogP contribution in [0.1, 0.15) is 39.4 Å². The second-order valence-electron chi connectivity index (χ2n) is 9.66.